The van der Waals surface area contributed by atoms with E-state index in [1.807, 2.05) is 0 Å². The lowest BCUT2D eigenvalue weighted by atomic mass is 10.3. The zero-order valence-corrected chi connectivity index (χ0v) is 15.8. The summed E-state index contributed by atoms with van der Waals surface area (Å²) >= 11 is 5.84. The van der Waals surface area contributed by atoms with Crippen molar-refractivity contribution in [1.82, 2.24) is 0 Å². The first-order chi connectivity index (χ1) is 12.4. The summed E-state index contributed by atoms with van der Waals surface area (Å²) in [5.74, 6) is -0.281. The number of phosphoric acid groups is 1. The highest BCUT2D eigenvalue weighted by atomic mass is 35.5. The van der Waals surface area contributed by atoms with E-state index < -0.39 is 28.3 Å². The van der Waals surface area contributed by atoms with E-state index in [0.717, 1.165) is 30.5 Å². The Morgan fingerprint density at radius 2 is 1.85 bits per heavy atom. The van der Waals surface area contributed by atoms with Crippen molar-refractivity contribution in [2.45, 2.75) is 4.90 Å². The van der Waals surface area contributed by atoms with Crippen molar-refractivity contribution in [2.24, 2.45) is 10.2 Å². The second-order valence-corrected chi connectivity index (χ2v) is 8.63. The van der Waals surface area contributed by atoms with Gasteiger partial charge in [0.2, 0.25) is 0 Å². The molecule has 14 heteroatoms. The van der Waals surface area contributed by atoms with Crippen LogP contribution in [0, 0.1) is 10.1 Å². The van der Waals surface area contributed by atoms with Gasteiger partial charge in [0.05, 0.1) is 15.6 Å². The van der Waals surface area contributed by atoms with Crippen molar-refractivity contribution in [3.63, 3.8) is 0 Å². The van der Waals surface area contributed by atoms with E-state index in [1.54, 1.807) is 0 Å². The van der Waals surface area contributed by atoms with E-state index in [4.69, 9.17) is 21.4 Å². The Hall–Kier alpha value is -2.37. The van der Waals surface area contributed by atoms with Crippen LogP contribution in [-0.4, -0.2) is 29.4 Å². The van der Waals surface area contributed by atoms with Gasteiger partial charge in [-0.25, -0.2) is 13.0 Å². The van der Waals surface area contributed by atoms with Gasteiger partial charge in [-0.2, -0.15) is 5.11 Å². The molecule has 0 aliphatic carbocycles. The Balaban J connectivity index is 2.39. The highest BCUT2D eigenvalue weighted by Crippen LogP contribution is 2.42. The summed E-state index contributed by atoms with van der Waals surface area (Å²) in [6.45, 7) is 0. The Morgan fingerprint density at radius 1 is 1.19 bits per heavy atom. The smallest absolute Gasteiger partial charge is 0.403 e. The van der Waals surface area contributed by atoms with Gasteiger partial charge < -0.3 is 4.52 Å². The van der Waals surface area contributed by atoms with E-state index >= 15 is 0 Å². The summed E-state index contributed by atoms with van der Waals surface area (Å²) in [5.41, 5.74) is -0.429. The second-order valence-electron chi connectivity index (χ2n) is 5.08. The molecule has 0 spiro atoms. The molecule has 11 nitrogen and oxygen atoms in total. The number of nitro groups is 1. The fraction of sp³-hybridized carbons (Fsp3) is 0.0769. The Labute approximate surface area is 157 Å². The van der Waals surface area contributed by atoms with Crippen molar-refractivity contribution in [1.29, 1.82) is 0 Å². The zero-order valence-electron chi connectivity index (χ0n) is 13.4. The average molecular weight is 436 g/mol. The molecular weight excluding hydrogens is 425 g/mol. The summed E-state index contributed by atoms with van der Waals surface area (Å²) < 4.78 is 38.9. The monoisotopic (exact) mass is 435 g/mol. The minimum absolute atomic E-state index is 0.121. The predicted octanol–water partition coefficient (Wildman–Crippen LogP) is 3.54. The number of nitro benzene ring substituents is 1. The molecule has 0 aliphatic heterocycles. The van der Waals surface area contributed by atoms with Crippen LogP contribution in [0.25, 0.3) is 0 Å². The van der Waals surface area contributed by atoms with Crippen LogP contribution >= 0.6 is 19.4 Å². The molecule has 0 fully saturated rings. The second kappa shape index (κ2) is 7.71. The number of nitrogens with zero attached hydrogens (tertiary/aromatic N) is 3. The summed E-state index contributed by atoms with van der Waals surface area (Å²) in [6, 6.07) is 6.67. The summed E-state index contributed by atoms with van der Waals surface area (Å²) in [4.78, 5) is 27.2. The van der Waals surface area contributed by atoms with Crippen LogP contribution in [0.3, 0.4) is 0 Å². The third-order valence-corrected chi connectivity index (χ3v) is 4.82. The third kappa shape index (κ3) is 5.81. The summed E-state index contributed by atoms with van der Waals surface area (Å²) in [7, 11) is -8.61. The van der Waals surface area contributed by atoms with Crippen molar-refractivity contribution < 1.29 is 32.2 Å². The first-order valence-corrected chi connectivity index (χ1v) is 10.6. The van der Waals surface area contributed by atoms with Gasteiger partial charge in [0.15, 0.2) is 9.84 Å². The quantitative estimate of drug-likeness (QED) is 0.300. The number of hydrogen-bond donors (Lipinski definition) is 2. The van der Waals surface area contributed by atoms with E-state index in [9.17, 15) is 23.1 Å². The molecule has 144 valence electrons. The maximum absolute atomic E-state index is 11.8. The first-order valence-electron chi connectivity index (χ1n) is 6.82. The van der Waals surface area contributed by atoms with Gasteiger partial charge in [-0.05, 0) is 24.3 Å². The Bertz CT molecular complexity index is 1080. The molecule has 0 saturated carbocycles. The minimum Gasteiger partial charge on any atom is -0.403 e. The van der Waals surface area contributed by atoms with Gasteiger partial charge in [0, 0.05) is 18.4 Å². The highest BCUT2D eigenvalue weighted by Gasteiger charge is 2.19. The Kier molecular flexibility index (Phi) is 5.97. The van der Waals surface area contributed by atoms with Crippen LogP contribution in [0.5, 0.6) is 5.75 Å². The number of rotatable bonds is 6. The summed E-state index contributed by atoms with van der Waals surface area (Å²) in [6.07, 6.45) is 0.871. The maximum Gasteiger partial charge on any atom is 0.524 e. The molecule has 0 aliphatic rings. The van der Waals surface area contributed by atoms with Crippen LogP contribution in [-0.2, 0) is 14.4 Å². The maximum atomic E-state index is 11.8. The lowest BCUT2D eigenvalue weighted by Gasteiger charge is -2.08. The molecule has 0 bridgehead atoms. The van der Waals surface area contributed by atoms with Gasteiger partial charge in [0.25, 0.3) is 5.69 Å². The number of halogens is 1. The SMILES string of the molecule is CS(=O)(=O)c1cc([N+](=O)[O-])ccc1N=Nc1ccc(OP(=O)(O)O)c(Cl)c1. The Morgan fingerprint density at radius 3 is 2.37 bits per heavy atom. The number of sulfone groups is 1. The molecular formula is C13H11ClN3O8PS. The van der Waals surface area contributed by atoms with Crippen LogP contribution in [0.1, 0.15) is 0 Å². The van der Waals surface area contributed by atoms with Crippen LogP contribution in [0.15, 0.2) is 51.5 Å². The van der Waals surface area contributed by atoms with Crippen LogP contribution in [0.2, 0.25) is 5.02 Å². The number of benzene rings is 2. The van der Waals surface area contributed by atoms with Crippen LogP contribution in [0.4, 0.5) is 17.1 Å². The van der Waals surface area contributed by atoms with Crippen LogP contribution < -0.4 is 4.52 Å². The van der Waals surface area contributed by atoms with E-state index in [0.29, 0.717) is 0 Å². The van der Waals surface area contributed by atoms with Gasteiger partial charge in [-0.15, -0.1) is 5.11 Å². The van der Waals surface area contributed by atoms with Gasteiger partial charge in [0.1, 0.15) is 16.3 Å². The number of phosphoric ester groups is 1. The zero-order chi connectivity index (χ0) is 20.4. The van der Waals surface area contributed by atoms with Crippen molar-refractivity contribution in [2.75, 3.05) is 6.26 Å². The third-order valence-electron chi connectivity index (χ3n) is 2.96. The van der Waals surface area contributed by atoms with E-state index in [1.165, 1.54) is 12.1 Å². The minimum atomic E-state index is -4.79. The van der Waals surface area contributed by atoms with Crippen molar-refractivity contribution in [3.05, 3.63) is 51.5 Å². The fourth-order valence-electron chi connectivity index (χ4n) is 1.86. The van der Waals surface area contributed by atoms with Gasteiger partial charge >= 0.3 is 7.82 Å². The largest absolute Gasteiger partial charge is 0.524 e. The fourth-order valence-corrected chi connectivity index (χ4v) is 3.37. The molecule has 0 unspecified atom stereocenters. The first kappa shape index (κ1) is 20.9. The van der Waals surface area contributed by atoms with E-state index in [-0.39, 0.29) is 27.0 Å². The molecule has 2 N–H and O–H groups in total. The van der Waals surface area contributed by atoms with Crippen molar-refractivity contribution >= 4 is 46.3 Å². The molecule has 27 heavy (non-hydrogen) atoms. The standard InChI is InChI=1S/C13H11ClN3O8PS/c1-27(23,24)13-7-9(17(18)19)3-4-11(13)16-15-8-2-5-12(10(14)6-8)25-26(20,21)22/h2-7H,1H3,(H2,20,21,22). The molecule has 2 aromatic carbocycles. The molecule has 0 aromatic heterocycles. The van der Waals surface area contributed by atoms with Gasteiger partial charge in [-0.3, -0.25) is 19.9 Å². The van der Waals surface area contributed by atoms with Gasteiger partial charge in [-0.1, -0.05) is 11.6 Å². The van der Waals surface area contributed by atoms with Crippen molar-refractivity contribution in [3.8, 4) is 5.75 Å². The topological polar surface area (TPSA) is 169 Å². The molecule has 2 aromatic rings. The molecule has 0 amide bonds. The average Bonchev–Trinajstić information content (AvgIpc) is 2.53. The predicted molar refractivity (Wildman–Crippen MR) is 94.5 cm³/mol. The molecule has 0 radical (unpaired) electrons. The molecule has 0 saturated heterocycles. The normalized spacial score (nSPS) is 12.3. The molecule has 0 heterocycles. The number of non-ortho nitro benzene ring substituents is 1. The number of hydrogen-bond acceptors (Lipinski definition) is 8. The molecule has 2 rings (SSSR count). The highest BCUT2D eigenvalue weighted by molar-refractivity contribution is 7.90. The lowest BCUT2D eigenvalue weighted by Crippen LogP contribution is -1.99. The number of azo groups is 1. The van der Waals surface area contributed by atoms with E-state index in [2.05, 4.69) is 14.8 Å². The molecule has 0 atom stereocenters. The lowest BCUT2D eigenvalue weighted by molar-refractivity contribution is -0.385. The summed E-state index contributed by atoms with van der Waals surface area (Å²) in [5, 5.41) is 18.2.